The molecule has 2 rings (SSSR count). The molecule has 0 radical (unpaired) electrons. The highest BCUT2D eigenvalue weighted by Gasteiger charge is 2.23. The van der Waals surface area contributed by atoms with Crippen LogP contribution in [0, 0.1) is 5.82 Å². The maximum atomic E-state index is 14.1. The standard InChI is InChI=1S/C15H20ClFN2/c1-2-3-4-15(19-9-7-18-8-10-19)13-6-5-12(16)11-14(13)17/h2,5-6,11,15,18H,1,3-4,7-10H2/t15-/m1/s1. The molecule has 0 unspecified atom stereocenters. The largest absolute Gasteiger partial charge is 0.314 e. The number of hydrogen-bond acceptors (Lipinski definition) is 2. The topological polar surface area (TPSA) is 15.3 Å². The molecule has 1 N–H and O–H groups in total. The third kappa shape index (κ3) is 3.78. The first-order valence-electron chi connectivity index (χ1n) is 6.73. The maximum Gasteiger partial charge on any atom is 0.129 e. The molecule has 1 heterocycles. The molecule has 1 fully saturated rings. The van der Waals surface area contributed by atoms with Gasteiger partial charge in [0.1, 0.15) is 5.82 Å². The van der Waals surface area contributed by atoms with Crippen LogP contribution in [0.15, 0.2) is 30.9 Å². The van der Waals surface area contributed by atoms with Crippen LogP contribution in [0.3, 0.4) is 0 Å². The molecular formula is C15H20ClFN2. The van der Waals surface area contributed by atoms with Crippen LogP contribution in [-0.2, 0) is 0 Å². The zero-order chi connectivity index (χ0) is 13.7. The van der Waals surface area contributed by atoms with Crippen LogP contribution < -0.4 is 5.32 Å². The van der Waals surface area contributed by atoms with E-state index in [1.807, 2.05) is 12.1 Å². The summed E-state index contributed by atoms with van der Waals surface area (Å²) in [5.74, 6) is -0.208. The van der Waals surface area contributed by atoms with Crippen LogP contribution in [0.1, 0.15) is 24.4 Å². The van der Waals surface area contributed by atoms with Gasteiger partial charge in [0.05, 0.1) is 0 Å². The van der Waals surface area contributed by atoms with Crippen molar-refractivity contribution in [2.24, 2.45) is 0 Å². The molecule has 0 spiro atoms. The van der Waals surface area contributed by atoms with Crippen LogP contribution in [0.25, 0.3) is 0 Å². The van der Waals surface area contributed by atoms with E-state index >= 15 is 0 Å². The Balaban J connectivity index is 2.22. The molecule has 0 aliphatic carbocycles. The van der Waals surface area contributed by atoms with Gasteiger partial charge in [0.2, 0.25) is 0 Å². The Morgan fingerprint density at radius 1 is 1.42 bits per heavy atom. The van der Waals surface area contributed by atoms with E-state index in [0.717, 1.165) is 44.6 Å². The van der Waals surface area contributed by atoms with Gasteiger partial charge in [-0.15, -0.1) is 6.58 Å². The second kappa shape index (κ2) is 7.04. The average Bonchev–Trinajstić information content (AvgIpc) is 2.42. The molecule has 4 heteroatoms. The van der Waals surface area contributed by atoms with Gasteiger partial charge in [-0.1, -0.05) is 23.7 Å². The third-order valence-corrected chi connectivity index (χ3v) is 3.79. The lowest BCUT2D eigenvalue weighted by molar-refractivity contribution is 0.163. The Labute approximate surface area is 119 Å². The van der Waals surface area contributed by atoms with Gasteiger partial charge in [0.25, 0.3) is 0 Å². The zero-order valence-corrected chi connectivity index (χ0v) is 11.8. The molecular weight excluding hydrogens is 263 g/mol. The van der Waals surface area contributed by atoms with Gasteiger partial charge in [-0.25, -0.2) is 4.39 Å². The minimum absolute atomic E-state index is 0.109. The van der Waals surface area contributed by atoms with Gasteiger partial charge >= 0.3 is 0 Å². The Morgan fingerprint density at radius 2 is 2.16 bits per heavy atom. The molecule has 19 heavy (non-hydrogen) atoms. The molecule has 1 aromatic carbocycles. The number of benzene rings is 1. The number of piperazine rings is 1. The van der Waals surface area contributed by atoms with Crippen molar-refractivity contribution in [3.63, 3.8) is 0 Å². The predicted octanol–water partition coefficient (Wildman–Crippen LogP) is 3.39. The smallest absolute Gasteiger partial charge is 0.129 e. The molecule has 0 saturated carbocycles. The van der Waals surface area contributed by atoms with Crippen LogP contribution in [0.4, 0.5) is 4.39 Å². The third-order valence-electron chi connectivity index (χ3n) is 3.56. The van der Waals surface area contributed by atoms with Crippen LogP contribution in [0.5, 0.6) is 0 Å². The summed E-state index contributed by atoms with van der Waals surface area (Å²) in [6.07, 6.45) is 3.67. The number of rotatable bonds is 5. The van der Waals surface area contributed by atoms with Crippen molar-refractivity contribution in [3.8, 4) is 0 Å². The van der Waals surface area contributed by atoms with Crippen molar-refractivity contribution in [2.75, 3.05) is 26.2 Å². The second-order valence-corrected chi connectivity index (χ2v) is 5.27. The predicted molar refractivity (Wildman–Crippen MR) is 78.0 cm³/mol. The summed E-state index contributed by atoms with van der Waals surface area (Å²) in [4.78, 5) is 2.34. The lowest BCUT2D eigenvalue weighted by atomic mass is 9.99. The van der Waals surface area contributed by atoms with E-state index in [2.05, 4.69) is 16.8 Å². The SMILES string of the molecule is C=CCC[C@H](c1ccc(Cl)cc1F)N1CCNCC1. The highest BCUT2D eigenvalue weighted by Crippen LogP contribution is 2.29. The van der Waals surface area contributed by atoms with Crippen LogP contribution in [0.2, 0.25) is 5.02 Å². The van der Waals surface area contributed by atoms with E-state index in [9.17, 15) is 4.39 Å². The summed E-state index contributed by atoms with van der Waals surface area (Å²) >= 11 is 5.83. The molecule has 0 aromatic heterocycles. The number of allylic oxidation sites excluding steroid dienone is 1. The quantitative estimate of drug-likeness (QED) is 0.833. The summed E-state index contributed by atoms with van der Waals surface area (Å²) in [5.41, 5.74) is 0.744. The molecule has 1 aromatic rings. The van der Waals surface area contributed by atoms with E-state index in [-0.39, 0.29) is 11.9 Å². The van der Waals surface area contributed by atoms with Gasteiger partial charge in [0, 0.05) is 42.8 Å². The number of hydrogen-bond donors (Lipinski definition) is 1. The molecule has 104 valence electrons. The van der Waals surface area contributed by atoms with Crippen LogP contribution >= 0.6 is 11.6 Å². The first-order chi connectivity index (χ1) is 9.22. The van der Waals surface area contributed by atoms with Gasteiger partial charge in [-0.2, -0.15) is 0 Å². The average molecular weight is 283 g/mol. The fourth-order valence-corrected chi connectivity index (χ4v) is 2.73. The van der Waals surface area contributed by atoms with Crippen molar-refractivity contribution in [2.45, 2.75) is 18.9 Å². The Bertz CT molecular complexity index is 430. The number of halogens is 2. The normalized spacial score (nSPS) is 18.2. The monoisotopic (exact) mass is 282 g/mol. The fourth-order valence-electron chi connectivity index (χ4n) is 2.58. The molecule has 0 bridgehead atoms. The first-order valence-corrected chi connectivity index (χ1v) is 7.11. The van der Waals surface area contributed by atoms with E-state index in [1.165, 1.54) is 6.07 Å². The van der Waals surface area contributed by atoms with Gasteiger partial charge in [-0.05, 0) is 25.0 Å². The number of nitrogens with zero attached hydrogens (tertiary/aromatic N) is 1. The van der Waals surface area contributed by atoms with Crippen molar-refractivity contribution in [1.82, 2.24) is 10.2 Å². The van der Waals surface area contributed by atoms with E-state index in [0.29, 0.717) is 5.02 Å². The van der Waals surface area contributed by atoms with Crippen LogP contribution in [-0.4, -0.2) is 31.1 Å². The van der Waals surface area contributed by atoms with Gasteiger partial charge in [-0.3, -0.25) is 4.90 Å². The Kier molecular flexibility index (Phi) is 5.37. The van der Waals surface area contributed by atoms with Gasteiger partial charge in [0.15, 0.2) is 0 Å². The zero-order valence-electron chi connectivity index (χ0n) is 11.0. The summed E-state index contributed by atoms with van der Waals surface area (Å²) < 4.78 is 14.1. The molecule has 1 saturated heterocycles. The highest BCUT2D eigenvalue weighted by atomic mass is 35.5. The van der Waals surface area contributed by atoms with Crippen molar-refractivity contribution in [3.05, 3.63) is 47.3 Å². The molecule has 1 aliphatic rings. The van der Waals surface area contributed by atoms with Gasteiger partial charge < -0.3 is 5.32 Å². The lowest BCUT2D eigenvalue weighted by Gasteiger charge is -2.35. The highest BCUT2D eigenvalue weighted by molar-refractivity contribution is 6.30. The first kappa shape index (κ1) is 14.5. The Hall–Kier alpha value is -0.900. The van der Waals surface area contributed by atoms with E-state index < -0.39 is 0 Å². The Morgan fingerprint density at radius 3 is 2.79 bits per heavy atom. The minimum atomic E-state index is -0.208. The summed E-state index contributed by atoms with van der Waals surface area (Å²) in [5, 5.41) is 3.77. The summed E-state index contributed by atoms with van der Waals surface area (Å²) in [6, 6.07) is 5.09. The van der Waals surface area contributed by atoms with Crippen molar-refractivity contribution >= 4 is 11.6 Å². The van der Waals surface area contributed by atoms with E-state index in [4.69, 9.17) is 11.6 Å². The lowest BCUT2D eigenvalue weighted by Crippen LogP contribution is -2.45. The van der Waals surface area contributed by atoms with Crippen molar-refractivity contribution < 1.29 is 4.39 Å². The van der Waals surface area contributed by atoms with Crippen molar-refractivity contribution in [1.29, 1.82) is 0 Å². The van der Waals surface area contributed by atoms with E-state index in [1.54, 1.807) is 6.07 Å². The maximum absolute atomic E-state index is 14.1. The summed E-state index contributed by atoms with van der Waals surface area (Å²) in [7, 11) is 0. The molecule has 0 amide bonds. The second-order valence-electron chi connectivity index (χ2n) is 4.83. The molecule has 2 nitrogen and oxygen atoms in total. The summed E-state index contributed by atoms with van der Waals surface area (Å²) in [6.45, 7) is 7.58. The fraction of sp³-hybridized carbons (Fsp3) is 0.467. The molecule has 1 aliphatic heterocycles. The number of nitrogens with one attached hydrogen (secondary N) is 1. The molecule has 1 atom stereocenters. The minimum Gasteiger partial charge on any atom is -0.314 e.